The van der Waals surface area contributed by atoms with Crippen LogP contribution < -0.4 is 0 Å². The van der Waals surface area contributed by atoms with Crippen molar-refractivity contribution in [3.8, 4) is 16.9 Å². The van der Waals surface area contributed by atoms with E-state index in [0.29, 0.717) is 18.1 Å². The number of phenolic OH excluding ortho intramolecular Hbond substituents is 1. The zero-order valence-electron chi connectivity index (χ0n) is 19.2. The first-order chi connectivity index (χ1) is 13.4. The Kier molecular flexibility index (Phi) is 6.82. The number of carbonyl (C=O) groups is 1. The standard InChI is InChI=1S/C26H36O3/c1-9-17(2)16-29-24(28)19-15-20(25(3,4)5)23(27)22(26(6,7)8)21(19)18-13-11-10-12-14-18/h10-15,17,27H,9,16H2,1-8H3. The molecule has 0 aliphatic carbocycles. The van der Waals surface area contributed by atoms with Crippen LogP contribution >= 0.6 is 0 Å². The van der Waals surface area contributed by atoms with Crippen LogP contribution in [0.1, 0.15) is 83.3 Å². The van der Waals surface area contributed by atoms with Gasteiger partial charge in [0.2, 0.25) is 0 Å². The smallest absolute Gasteiger partial charge is 0.338 e. The Morgan fingerprint density at radius 3 is 2.10 bits per heavy atom. The summed E-state index contributed by atoms with van der Waals surface area (Å²) in [6, 6.07) is 11.6. The molecule has 2 aromatic carbocycles. The number of rotatable bonds is 5. The average Bonchev–Trinajstić information content (AvgIpc) is 2.63. The molecule has 158 valence electrons. The highest BCUT2D eigenvalue weighted by Gasteiger charge is 2.33. The number of carbonyl (C=O) groups excluding carboxylic acids is 1. The lowest BCUT2D eigenvalue weighted by molar-refractivity contribution is 0.0447. The molecule has 0 spiro atoms. The van der Waals surface area contributed by atoms with Gasteiger partial charge in [0.1, 0.15) is 5.75 Å². The van der Waals surface area contributed by atoms with Gasteiger partial charge in [0.05, 0.1) is 12.2 Å². The van der Waals surface area contributed by atoms with Crippen LogP contribution in [0.15, 0.2) is 36.4 Å². The van der Waals surface area contributed by atoms with Gasteiger partial charge in [-0.05, 0) is 28.4 Å². The topological polar surface area (TPSA) is 46.5 Å². The molecule has 2 rings (SSSR count). The van der Waals surface area contributed by atoms with Gasteiger partial charge in [-0.25, -0.2) is 4.79 Å². The van der Waals surface area contributed by atoms with Crippen molar-refractivity contribution in [2.45, 2.75) is 72.6 Å². The Morgan fingerprint density at radius 2 is 1.62 bits per heavy atom. The minimum atomic E-state index is -0.359. The summed E-state index contributed by atoms with van der Waals surface area (Å²) >= 11 is 0. The Labute approximate surface area is 176 Å². The van der Waals surface area contributed by atoms with E-state index in [1.807, 2.05) is 57.2 Å². The monoisotopic (exact) mass is 396 g/mol. The Balaban J connectivity index is 2.83. The zero-order chi connectivity index (χ0) is 22.0. The normalized spacial score (nSPS) is 13.2. The lowest BCUT2D eigenvalue weighted by Crippen LogP contribution is -2.22. The quantitative estimate of drug-likeness (QED) is 0.562. The lowest BCUT2D eigenvalue weighted by Gasteiger charge is -2.31. The van der Waals surface area contributed by atoms with Crippen LogP contribution in [0.2, 0.25) is 0 Å². The summed E-state index contributed by atoms with van der Waals surface area (Å²) in [5.41, 5.74) is 3.06. The van der Waals surface area contributed by atoms with E-state index in [-0.39, 0.29) is 22.5 Å². The first-order valence-electron chi connectivity index (χ1n) is 10.5. The summed E-state index contributed by atoms with van der Waals surface area (Å²) in [6.45, 7) is 16.9. The summed E-state index contributed by atoms with van der Waals surface area (Å²) in [4.78, 5) is 13.2. The second-order valence-electron chi connectivity index (χ2n) is 10.0. The van der Waals surface area contributed by atoms with Crippen LogP contribution in [0.25, 0.3) is 11.1 Å². The van der Waals surface area contributed by atoms with E-state index in [1.165, 1.54) is 0 Å². The third-order valence-corrected chi connectivity index (χ3v) is 5.34. The fourth-order valence-electron chi connectivity index (χ4n) is 3.45. The van der Waals surface area contributed by atoms with Crippen molar-refractivity contribution in [1.82, 2.24) is 0 Å². The second-order valence-corrected chi connectivity index (χ2v) is 10.0. The van der Waals surface area contributed by atoms with Crippen molar-refractivity contribution in [2.24, 2.45) is 5.92 Å². The van der Waals surface area contributed by atoms with Crippen molar-refractivity contribution < 1.29 is 14.6 Å². The molecule has 0 aliphatic heterocycles. The molecule has 0 aromatic heterocycles. The maximum absolute atomic E-state index is 13.2. The molecule has 0 radical (unpaired) electrons. The largest absolute Gasteiger partial charge is 0.507 e. The van der Waals surface area contributed by atoms with Gasteiger partial charge in [0.25, 0.3) is 0 Å². The Morgan fingerprint density at radius 1 is 1.03 bits per heavy atom. The number of benzene rings is 2. The van der Waals surface area contributed by atoms with Crippen LogP contribution in [0, 0.1) is 5.92 Å². The summed E-state index contributed by atoms with van der Waals surface area (Å²) in [5, 5.41) is 11.3. The molecule has 0 saturated carbocycles. The van der Waals surface area contributed by atoms with E-state index in [1.54, 1.807) is 0 Å². The fourth-order valence-corrected chi connectivity index (χ4v) is 3.45. The fraction of sp³-hybridized carbons (Fsp3) is 0.500. The van der Waals surface area contributed by atoms with E-state index < -0.39 is 0 Å². The van der Waals surface area contributed by atoms with E-state index in [0.717, 1.165) is 28.7 Å². The molecule has 1 N–H and O–H groups in total. The zero-order valence-corrected chi connectivity index (χ0v) is 19.2. The third-order valence-electron chi connectivity index (χ3n) is 5.34. The molecule has 0 bridgehead atoms. The van der Waals surface area contributed by atoms with Gasteiger partial charge in [-0.2, -0.15) is 0 Å². The van der Waals surface area contributed by atoms with Crippen molar-refractivity contribution >= 4 is 5.97 Å². The van der Waals surface area contributed by atoms with E-state index in [2.05, 4.69) is 34.6 Å². The van der Waals surface area contributed by atoms with Crippen molar-refractivity contribution in [2.75, 3.05) is 6.61 Å². The second kappa shape index (κ2) is 8.61. The highest BCUT2D eigenvalue weighted by atomic mass is 16.5. The molecule has 1 unspecified atom stereocenters. The molecule has 0 fully saturated rings. The molecule has 1 atom stereocenters. The van der Waals surface area contributed by atoms with E-state index in [9.17, 15) is 9.90 Å². The van der Waals surface area contributed by atoms with Crippen LogP contribution in [0.4, 0.5) is 0 Å². The molecule has 3 nitrogen and oxygen atoms in total. The molecule has 0 heterocycles. The number of phenols is 1. The van der Waals surface area contributed by atoms with Crippen LogP contribution in [-0.2, 0) is 15.6 Å². The number of ether oxygens (including phenoxy) is 1. The summed E-state index contributed by atoms with van der Waals surface area (Å²) in [5.74, 6) is 0.239. The van der Waals surface area contributed by atoms with Crippen LogP contribution in [0.3, 0.4) is 0 Å². The van der Waals surface area contributed by atoms with Crippen LogP contribution in [-0.4, -0.2) is 17.7 Å². The van der Waals surface area contributed by atoms with Gasteiger partial charge in [0, 0.05) is 16.7 Å². The minimum absolute atomic E-state index is 0.266. The van der Waals surface area contributed by atoms with Gasteiger partial charge in [-0.15, -0.1) is 0 Å². The average molecular weight is 397 g/mol. The predicted octanol–water partition coefficient (Wildman–Crippen LogP) is 6.86. The maximum Gasteiger partial charge on any atom is 0.338 e. The molecule has 0 amide bonds. The highest BCUT2D eigenvalue weighted by molar-refractivity contribution is 6.00. The summed E-state index contributed by atoms with van der Waals surface area (Å²) < 4.78 is 5.70. The van der Waals surface area contributed by atoms with Gasteiger partial charge in [-0.1, -0.05) is 92.1 Å². The number of hydrogen-bond donors (Lipinski definition) is 1. The molecule has 29 heavy (non-hydrogen) atoms. The summed E-state index contributed by atoms with van der Waals surface area (Å²) in [6.07, 6.45) is 0.953. The van der Waals surface area contributed by atoms with E-state index >= 15 is 0 Å². The van der Waals surface area contributed by atoms with Crippen LogP contribution in [0.5, 0.6) is 5.75 Å². The van der Waals surface area contributed by atoms with Gasteiger partial charge >= 0.3 is 5.97 Å². The number of hydrogen-bond acceptors (Lipinski definition) is 3. The molecule has 0 aliphatic rings. The minimum Gasteiger partial charge on any atom is -0.507 e. The number of aromatic hydroxyl groups is 1. The summed E-state index contributed by atoms with van der Waals surface area (Å²) in [7, 11) is 0. The SMILES string of the molecule is CCC(C)COC(=O)c1cc(C(C)(C)C)c(O)c(C(C)(C)C)c1-c1ccccc1. The first-order valence-corrected chi connectivity index (χ1v) is 10.5. The van der Waals surface area contributed by atoms with Crippen molar-refractivity contribution in [1.29, 1.82) is 0 Å². The first kappa shape index (κ1) is 23.0. The highest BCUT2D eigenvalue weighted by Crippen LogP contribution is 2.46. The van der Waals surface area contributed by atoms with E-state index in [4.69, 9.17) is 4.74 Å². The molecule has 3 heteroatoms. The Bertz CT molecular complexity index is 852. The van der Waals surface area contributed by atoms with Gasteiger partial charge in [0.15, 0.2) is 0 Å². The number of esters is 1. The van der Waals surface area contributed by atoms with Crippen molar-refractivity contribution in [3.05, 3.63) is 53.1 Å². The van der Waals surface area contributed by atoms with Crippen molar-refractivity contribution in [3.63, 3.8) is 0 Å². The van der Waals surface area contributed by atoms with Gasteiger partial charge in [-0.3, -0.25) is 0 Å². The molecule has 2 aromatic rings. The Hall–Kier alpha value is -2.29. The lowest BCUT2D eigenvalue weighted by atomic mass is 9.74. The maximum atomic E-state index is 13.2. The molecular formula is C26H36O3. The third kappa shape index (κ3) is 5.20. The molecule has 0 saturated heterocycles. The van der Waals surface area contributed by atoms with Gasteiger partial charge < -0.3 is 9.84 Å². The predicted molar refractivity (Wildman–Crippen MR) is 121 cm³/mol. The molecular weight excluding hydrogens is 360 g/mol.